The Balaban J connectivity index is 3.29. The molecule has 1 nitrogen and oxygen atoms in total. The van der Waals surface area contributed by atoms with E-state index in [1.807, 2.05) is 0 Å². The van der Waals surface area contributed by atoms with Crippen molar-refractivity contribution in [3.05, 3.63) is 0 Å². The summed E-state index contributed by atoms with van der Waals surface area (Å²) in [7, 11) is 0. The summed E-state index contributed by atoms with van der Waals surface area (Å²) in [5.74, 6) is 2.06. The zero-order valence-corrected chi connectivity index (χ0v) is 13.1. The molecular formula is C17H34O. The second kappa shape index (κ2) is 11.7. The van der Waals surface area contributed by atoms with E-state index >= 15 is 0 Å². The molecule has 0 rings (SSSR count). The average Bonchev–Trinajstić information content (AvgIpc) is 2.28. The molecule has 0 radical (unpaired) electrons. The Morgan fingerprint density at radius 3 is 1.83 bits per heavy atom. The Morgan fingerprint density at radius 1 is 0.833 bits per heavy atom. The van der Waals surface area contributed by atoms with Crippen LogP contribution in [0, 0.1) is 11.8 Å². The molecular weight excluding hydrogens is 220 g/mol. The van der Waals surface area contributed by atoms with Gasteiger partial charge in [-0.3, -0.25) is 0 Å². The predicted molar refractivity (Wildman–Crippen MR) is 80.9 cm³/mol. The molecule has 0 saturated carbocycles. The fourth-order valence-electron chi connectivity index (χ4n) is 2.64. The Kier molecular flexibility index (Phi) is 11.5. The molecule has 0 amide bonds. The molecule has 0 aliphatic carbocycles. The second-order valence-corrected chi connectivity index (χ2v) is 6.23. The number of carbonyl (C=O) groups excluding carboxylic acids is 1. The maximum absolute atomic E-state index is 10.8. The molecule has 0 aromatic rings. The van der Waals surface area contributed by atoms with Crippen LogP contribution in [-0.2, 0) is 4.79 Å². The van der Waals surface area contributed by atoms with Gasteiger partial charge in [-0.15, -0.1) is 0 Å². The number of ketones is 1. The van der Waals surface area contributed by atoms with E-state index in [-0.39, 0.29) is 0 Å². The van der Waals surface area contributed by atoms with Gasteiger partial charge in [0.1, 0.15) is 5.78 Å². The minimum Gasteiger partial charge on any atom is -0.300 e. The highest BCUT2D eigenvalue weighted by molar-refractivity contribution is 5.75. The topological polar surface area (TPSA) is 17.1 Å². The highest BCUT2D eigenvalue weighted by Gasteiger charge is 2.04. The number of hydrogen-bond donors (Lipinski definition) is 0. The van der Waals surface area contributed by atoms with E-state index in [2.05, 4.69) is 20.8 Å². The van der Waals surface area contributed by atoms with Crippen LogP contribution in [0.3, 0.4) is 0 Å². The molecule has 0 spiro atoms. The predicted octanol–water partition coefficient (Wildman–Crippen LogP) is 5.77. The maximum atomic E-state index is 10.8. The van der Waals surface area contributed by atoms with Crippen molar-refractivity contribution in [2.24, 2.45) is 11.8 Å². The normalized spacial score (nSPS) is 14.4. The first-order chi connectivity index (χ1) is 8.56. The molecule has 0 heterocycles. The van der Waals surface area contributed by atoms with Crippen LogP contribution in [-0.4, -0.2) is 5.78 Å². The highest BCUT2D eigenvalue weighted by atomic mass is 16.1. The lowest BCUT2D eigenvalue weighted by atomic mass is 9.94. The second-order valence-electron chi connectivity index (χ2n) is 6.23. The van der Waals surface area contributed by atoms with E-state index in [4.69, 9.17) is 0 Å². The van der Waals surface area contributed by atoms with Gasteiger partial charge in [0, 0.05) is 6.42 Å². The van der Waals surface area contributed by atoms with Crippen molar-refractivity contribution in [2.75, 3.05) is 0 Å². The van der Waals surface area contributed by atoms with Crippen molar-refractivity contribution >= 4 is 5.78 Å². The lowest BCUT2D eigenvalue weighted by Gasteiger charge is -2.12. The van der Waals surface area contributed by atoms with Crippen LogP contribution in [0.4, 0.5) is 0 Å². The van der Waals surface area contributed by atoms with Crippen LogP contribution in [0.5, 0.6) is 0 Å². The van der Waals surface area contributed by atoms with Gasteiger partial charge in [0.15, 0.2) is 0 Å². The number of unbranched alkanes of at least 4 members (excludes halogenated alkanes) is 2. The SMILES string of the molecule is CCC[C@@H](C)CCCCC[C@H](C)CCCC(C)=O. The summed E-state index contributed by atoms with van der Waals surface area (Å²) in [5, 5.41) is 0. The fraction of sp³-hybridized carbons (Fsp3) is 0.941. The van der Waals surface area contributed by atoms with Gasteiger partial charge < -0.3 is 4.79 Å². The van der Waals surface area contributed by atoms with Crippen LogP contribution in [0.15, 0.2) is 0 Å². The first kappa shape index (κ1) is 17.7. The summed E-state index contributed by atoms with van der Waals surface area (Å²) in [6.07, 6.45) is 12.7. The first-order valence-electron chi connectivity index (χ1n) is 8.05. The third kappa shape index (κ3) is 12.1. The molecule has 0 N–H and O–H groups in total. The van der Waals surface area contributed by atoms with Crippen LogP contribution in [0.25, 0.3) is 0 Å². The van der Waals surface area contributed by atoms with Gasteiger partial charge in [-0.2, -0.15) is 0 Å². The lowest BCUT2D eigenvalue weighted by molar-refractivity contribution is -0.117. The maximum Gasteiger partial charge on any atom is 0.129 e. The third-order valence-corrected chi connectivity index (χ3v) is 3.90. The molecule has 2 atom stereocenters. The highest BCUT2D eigenvalue weighted by Crippen LogP contribution is 2.19. The molecule has 0 aliphatic heterocycles. The van der Waals surface area contributed by atoms with Gasteiger partial charge in [-0.1, -0.05) is 72.1 Å². The van der Waals surface area contributed by atoms with E-state index in [0.717, 1.165) is 24.7 Å². The molecule has 0 aromatic heterocycles. The Labute approximate surface area is 115 Å². The number of rotatable bonds is 12. The monoisotopic (exact) mass is 254 g/mol. The van der Waals surface area contributed by atoms with Crippen molar-refractivity contribution in [1.29, 1.82) is 0 Å². The van der Waals surface area contributed by atoms with Crippen LogP contribution < -0.4 is 0 Å². The molecule has 0 unspecified atom stereocenters. The molecule has 0 aromatic carbocycles. The molecule has 0 fully saturated rings. The number of hydrogen-bond acceptors (Lipinski definition) is 1. The summed E-state index contributed by atoms with van der Waals surface area (Å²) < 4.78 is 0. The van der Waals surface area contributed by atoms with Gasteiger partial charge in [-0.25, -0.2) is 0 Å². The molecule has 0 bridgehead atoms. The van der Waals surface area contributed by atoms with Crippen molar-refractivity contribution in [1.82, 2.24) is 0 Å². The summed E-state index contributed by atoms with van der Waals surface area (Å²) in [5.41, 5.74) is 0. The van der Waals surface area contributed by atoms with Crippen LogP contribution in [0.2, 0.25) is 0 Å². The van der Waals surface area contributed by atoms with Crippen molar-refractivity contribution in [2.45, 2.75) is 91.9 Å². The number of Topliss-reactive ketones (excluding diaryl/α,β-unsaturated/α-hetero) is 1. The van der Waals surface area contributed by atoms with E-state index in [9.17, 15) is 4.79 Å². The molecule has 0 saturated heterocycles. The Bertz CT molecular complexity index is 198. The van der Waals surface area contributed by atoms with E-state index < -0.39 is 0 Å². The Hall–Kier alpha value is -0.330. The molecule has 18 heavy (non-hydrogen) atoms. The van der Waals surface area contributed by atoms with Crippen molar-refractivity contribution in [3.8, 4) is 0 Å². The zero-order valence-electron chi connectivity index (χ0n) is 13.1. The number of carbonyl (C=O) groups is 1. The smallest absolute Gasteiger partial charge is 0.129 e. The summed E-state index contributed by atoms with van der Waals surface area (Å²) >= 11 is 0. The summed E-state index contributed by atoms with van der Waals surface area (Å²) in [6.45, 7) is 8.69. The molecule has 0 aliphatic rings. The van der Waals surface area contributed by atoms with Gasteiger partial charge in [0.05, 0.1) is 0 Å². The van der Waals surface area contributed by atoms with Crippen LogP contribution >= 0.6 is 0 Å². The van der Waals surface area contributed by atoms with E-state index in [1.165, 1.54) is 51.4 Å². The third-order valence-electron chi connectivity index (χ3n) is 3.90. The summed E-state index contributed by atoms with van der Waals surface area (Å²) in [4.78, 5) is 10.8. The first-order valence-corrected chi connectivity index (χ1v) is 8.05. The van der Waals surface area contributed by atoms with Crippen molar-refractivity contribution in [3.63, 3.8) is 0 Å². The van der Waals surface area contributed by atoms with Gasteiger partial charge in [0.25, 0.3) is 0 Å². The lowest BCUT2D eigenvalue weighted by Crippen LogP contribution is -1.98. The molecule has 1 heteroatoms. The minimum absolute atomic E-state index is 0.340. The molecule has 108 valence electrons. The quantitative estimate of drug-likeness (QED) is 0.404. The zero-order chi connectivity index (χ0) is 13.8. The summed E-state index contributed by atoms with van der Waals surface area (Å²) in [6, 6.07) is 0. The van der Waals surface area contributed by atoms with E-state index in [1.54, 1.807) is 6.92 Å². The fourth-order valence-corrected chi connectivity index (χ4v) is 2.64. The Morgan fingerprint density at radius 2 is 1.33 bits per heavy atom. The van der Waals surface area contributed by atoms with Crippen molar-refractivity contribution < 1.29 is 4.79 Å². The van der Waals surface area contributed by atoms with Gasteiger partial charge >= 0.3 is 0 Å². The van der Waals surface area contributed by atoms with E-state index in [0.29, 0.717) is 5.78 Å². The minimum atomic E-state index is 0.340. The largest absolute Gasteiger partial charge is 0.300 e. The average molecular weight is 254 g/mol. The van der Waals surface area contributed by atoms with Gasteiger partial charge in [0.2, 0.25) is 0 Å². The van der Waals surface area contributed by atoms with Crippen LogP contribution in [0.1, 0.15) is 91.9 Å². The standard InChI is InChI=1S/C17H34O/c1-5-10-15(2)11-7-6-8-12-16(3)13-9-14-17(4)18/h15-16H,5-14H2,1-4H3/t15-,16+/m1/s1. The van der Waals surface area contributed by atoms with Gasteiger partial charge in [-0.05, 0) is 25.2 Å².